The van der Waals surface area contributed by atoms with E-state index < -0.39 is 0 Å². The Bertz CT molecular complexity index is 701. The number of hydrogen-bond acceptors (Lipinski definition) is 2. The first-order chi connectivity index (χ1) is 10.2. The third-order valence-electron chi connectivity index (χ3n) is 4.68. The average molecular weight is 278 g/mol. The second kappa shape index (κ2) is 4.43. The number of hydrogen-bond donors (Lipinski definition) is 1. The van der Waals surface area contributed by atoms with Crippen molar-refractivity contribution in [1.82, 2.24) is 5.32 Å². The lowest BCUT2D eigenvalue weighted by molar-refractivity contribution is -0.125. The molecule has 0 aliphatic carbocycles. The van der Waals surface area contributed by atoms with Crippen LogP contribution >= 0.6 is 0 Å². The number of amides is 1. The summed E-state index contributed by atoms with van der Waals surface area (Å²) in [6.45, 7) is 4.24. The summed E-state index contributed by atoms with van der Waals surface area (Å²) >= 11 is 0. The lowest BCUT2D eigenvalue weighted by Gasteiger charge is -2.38. The van der Waals surface area contributed by atoms with Gasteiger partial charge in [0.05, 0.1) is 6.54 Å². The number of fused-ring (bicyclic) bond motifs is 2. The molecule has 3 nitrogen and oxygen atoms in total. The van der Waals surface area contributed by atoms with Gasteiger partial charge in [-0.05, 0) is 24.1 Å². The average Bonchev–Trinajstić information content (AvgIpc) is 2.71. The van der Waals surface area contributed by atoms with E-state index in [2.05, 4.69) is 48.6 Å². The quantitative estimate of drug-likeness (QED) is 0.915. The van der Waals surface area contributed by atoms with E-state index in [9.17, 15) is 4.79 Å². The molecule has 1 fully saturated rings. The first-order valence-corrected chi connectivity index (χ1v) is 7.38. The van der Waals surface area contributed by atoms with E-state index in [1.54, 1.807) is 0 Å². The molecule has 4 rings (SSSR count). The number of anilines is 1. The van der Waals surface area contributed by atoms with Crippen molar-refractivity contribution in [3.63, 3.8) is 0 Å². The molecule has 0 aromatic heterocycles. The number of carbonyl (C=O) groups excluding carboxylic acids is 1. The molecule has 2 aliphatic heterocycles. The first-order valence-electron chi connectivity index (χ1n) is 7.38. The zero-order valence-electron chi connectivity index (χ0n) is 12.1. The van der Waals surface area contributed by atoms with Crippen LogP contribution in [-0.4, -0.2) is 19.0 Å². The van der Waals surface area contributed by atoms with Crippen LogP contribution in [-0.2, 0) is 16.8 Å². The van der Waals surface area contributed by atoms with Crippen LogP contribution in [0.2, 0.25) is 0 Å². The molecule has 1 N–H and O–H groups in total. The molecule has 0 unspecified atom stereocenters. The van der Waals surface area contributed by atoms with Crippen molar-refractivity contribution in [2.24, 2.45) is 0 Å². The van der Waals surface area contributed by atoms with Gasteiger partial charge in [0, 0.05) is 18.8 Å². The van der Waals surface area contributed by atoms with Crippen molar-refractivity contribution < 1.29 is 4.79 Å². The minimum absolute atomic E-state index is 0.239. The Kier molecular flexibility index (Phi) is 2.66. The predicted octanol–water partition coefficient (Wildman–Crippen LogP) is 2.38. The number of nitrogens with zero attached hydrogens (tertiary/aromatic N) is 1. The Morgan fingerprint density at radius 2 is 1.81 bits per heavy atom. The summed E-state index contributed by atoms with van der Waals surface area (Å²) in [4.78, 5) is 14.9. The standard InChI is InChI=1S/C18H18N2O/c1-13-6-8-14(9-7-13)10-20-16-5-3-2-4-15(16)18(17(20)21)11-19-12-18/h2-9,19H,10-12H2,1H3. The van der Waals surface area contributed by atoms with E-state index in [0.29, 0.717) is 6.54 Å². The number of nitrogens with one attached hydrogen (secondary N) is 1. The van der Waals surface area contributed by atoms with Crippen molar-refractivity contribution in [2.75, 3.05) is 18.0 Å². The molecular weight excluding hydrogens is 260 g/mol. The summed E-state index contributed by atoms with van der Waals surface area (Å²) in [5.41, 5.74) is 4.35. The van der Waals surface area contributed by atoms with Gasteiger partial charge in [0.2, 0.25) is 5.91 Å². The maximum absolute atomic E-state index is 12.9. The van der Waals surface area contributed by atoms with Crippen LogP contribution in [0.15, 0.2) is 48.5 Å². The fourth-order valence-electron chi connectivity index (χ4n) is 3.35. The first kappa shape index (κ1) is 12.6. The van der Waals surface area contributed by atoms with Gasteiger partial charge in [-0.25, -0.2) is 0 Å². The Hall–Kier alpha value is -2.13. The van der Waals surface area contributed by atoms with Crippen molar-refractivity contribution >= 4 is 11.6 Å². The summed E-state index contributed by atoms with van der Waals surface area (Å²) in [6, 6.07) is 16.6. The third-order valence-corrected chi connectivity index (χ3v) is 4.68. The highest BCUT2D eigenvalue weighted by molar-refractivity contribution is 6.09. The van der Waals surface area contributed by atoms with Gasteiger partial charge in [-0.1, -0.05) is 48.0 Å². The molecule has 0 atom stereocenters. The highest BCUT2D eigenvalue weighted by atomic mass is 16.2. The molecule has 0 radical (unpaired) electrons. The predicted molar refractivity (Wildman–Crippen MR) is 83.4 cm³/mol. The number of para-hydroxylation sites is 1. The van der Waals surface area contributed by atoms with Gasteiger partial charge < -0.3 is 10.2 Å². The van der Waals surface area contributed by atoms with Gasteiger partial charge in [0.1, 0.15) is 5.41 Å². The van der Waals surface area contributed by atoms with Gasteiger partial charge in [-0.15, -0.1) is 0 Å². The number of carbonyl (C=O) groups is 1. The van der Waals surface area contributed by atoms with Crippen LogP contribution < -0.4 is 10.2 Å². The van der Waals surface area contributed by atoms with Gasteiger partial charge in [0.15, 0.2) is 0 Å². The van der Waals surface area contributed by atoms with E-state index in [1.807, 2.05) is 17.0 Å². The topological polar surface area (TPSA) is 32.3 Å². The Morgan fingerprint density at radius 1 is 1.10 bits per heavy atom. The minimum atomic E-state index is -0.318. The van der Waals surface area contributed by atoms with Crippen molar-refractivity contribution in [3.05, 3.63) is 65.2 Å². The van der Waals surface area contributed by atoms with E-state index in [4.69, 9.17) is 0 Å². The lowest BCUT2D eigenvalue weighted by atomic mass is 9.76. The fourth-order valence-corrected chi connectivity index (χ4v) is 3.35. The van der Waals surface area contributed by atoms with Crippen LogP contribution in [0.1, 0.15) is 16.7 Å². The molecule has 1 amide bonds. The molecule has 0 bridgehead atoms. The van der Waals surface area contributed by atoms with Gasteiger partial charge in [-0.3, -0.25) is 4.79 Å². The molecule has 2 aromatic carbocycles. The third kappa shape index (κ3) is 1.74. The van der Waals surface area contributed by atoms with Crippen LogP contribution in [0.3, 0.4) is 0 Å². The Balaban J connectivity index is 1.72. The molecule has 2 heterocycles. The van der Waals surface area contributed by atoms with Gasteiger partial charge in [0.25, 0.3) is 0 Å². The SMILES string of the molecule is Cc1ccc(CN2C(=O)C3(CNC3)c3ccccc32)cc1. The van der Waals surface area contributed by atoms with Crippen LogP contribution in [0.25, 0.3) is 0 Å². The lowest BCUT2D eigenvalue weighted by Crippen LogP contribution is -2.61. The van der Waals surface area contributed by atoms with Crippen molar-refractivity contribution in [3.8, 4) is 0 Å². The maximum Gasteiger partial charge on any atom is 0.240 e. The molecule has 2 aliphatic rings. The monoisotopic (exact) mass is 278 g/mol. The zero-order valence-corrected chi connectivity index (χ0v) is 12.1. The molecule has 2 aromatic rings. The Labute approximate surface area is 124 Å². The zero-order chi connectivity index (χ0) is 14.4. The molecule has 106 valence electrons. The highest BCUT2D eigenvalue weighted by Gasteiger charge is 2.54. The summed E-state index contributed by atoms with van der Waals surface area (Å²) in [6.07, 6.45) is 0. The van der Waals surface area contributed by atoms with E-state index in [0.717, 1.165) is 18.8 Å². The van der Waals surface area contributed by atoms with Crippen LogP contribution in [0.5, 0.6) is 0 Å². The molecule has 0 saturated carbocycles. The van der Waals surface area contributed by atoms with E-state index in [1.165, 1.54) is 16.7 Å². The van der Waals surface area contributed by atoms with Gasteiger partial charge >= 0.3 is 0 Å². The molecular formula is C18H18N2O. The van der Waals surface area contributed by atoms with E-state index in [-0.39, 0.29) is 11.3 Å². The van der Waals surface area contributed by atoms with Crippen LogP contribution in [0.4, 0.5) is 5.69 Å². The molecule has 3 heteroatoms. The van der Waals surface area contributed by atoms with Crippen LogP contribution in [0, 0.1) is 6.92 Å². The number of benzene rings is 2. The van der Waals surface area contributed by atoms with Crippen molar-refractivity contribution in [2.45, 2.75) is 18.9 Å². The fraction of sp³-hybridized carbons (Fsp3) is 0.278. The largest absolute Gasteiger partial charge is 0.314 e. The van der Waals surface area contributed by atoms with E-state index >= 15 is 0 Å². The second-order valence-electron chi connectivity index (χ2n) is 6.08. The summed E-state index contributed by atoms with van der Waals surface area (Å²) in [7, 11) is 0. The second-order valence-corrected chi connectivity index (χ2v) is 6.08. The molecule has 1 saturated heterocycles. The smallest absolute Gasteiger partial charge is 0.240 e. The Morgan fingerprint density at radius 3 is 2.48 bits per heavy atom. The minimum Gasteiger partial charge on any atom is -0.314 e. The normalized spacial score (nSPS) is 18.7. The maximum atomic E-state index is 12.9. The van der Waals surface area contributed by atoms with Gasteiger partial charge in [-0.2, -0.15) is 0 Å². The number of rotatable bonds is 2. The summed E-state index contributed by atoms with van der Waals surface area (Å²) in [5.74, 6) is 0.239. The van der Waals surface area contributed by atoms with Crippen molar-refractivity contribution in [1.29, 1.82) is 0 Å². The summed E-state index contributed by atoms with van der Waals surface area (Å²) < 4.78 is 0. The molecule has 21 heavy (non-hydrogen) atoms. The highest BCUT2D eigenvalue weighted by Crippen LogP contribution is 2.44. The molecule has 1 spiro atoms. The number of aryl methyl sites for hydroxylation is 1. The summed E-state index contributed by atoms with van der Waals surface area (Å²) in [5, 5.41) is 3.26.